The molecule has 11 nitrogen and oxygen atoms in total. The van der Waals surface area contributed by atoms with Crippen LogP contribution in [0.2, 0.25) is 0 Å². The number of aliphatic hydroxyl groups is 1. The zero-order valence-electron chi connectivity index (χ0n) is 47.0. The average Bonchev–Trinajstić information content (AvgIpc) is 3.39. The first-order valence-electron chi connectivity index (χ1n) is 29.5. The lowest BCUT2D eigenvalue weighted by Gasteiger charge is -2.21. The zero-order valence-corrected chi connectivity index (χ0v) is 47.9. The molecule has 0 saturated carbocycles. The number of carbonyl (C=O) groups excluding carboxylic acids is 3. The summed E-state index contributed by atoms with van der Waals surface area (Å²) in [4.78, 5) is 48.6. The first kappa shape index (κ1) is 70.7. The van der Waals surface area contributed by atoms with Crippen LogP contribution in [0.3, 0.4) is 0 Å². The highest BCUT2D eigenvalue weighted by atomic mass is 31.2. The Morgan fingerprint density at radius 3 is 1.08 bits per heavy atom. The fraction of sp³-hybridized carbons (Fsp3) is 0.726. The van der Waals surface area contributed by atoms with Gasteiger partial charge in [0.05, 0.1) is 19.8 Å². The van der Waals surface area contributed by atoms with Gasteiger partial charge in [0.2, 0.25) is 0 Å². The second-order valence-corrected chi connectivity index (χ2v) is 20.9. The first-order chi connectivity index (χ1) is 36.2. The Kier molecular flexibility index (Phi) is 53.4. The van der Waals surface area contributed by atoms with Gasteiger partial charge in [0, 0.05) is 19.3 Å². The van der Waals surface area contributed by atoms with Crippen molar-refractivity contribution in [3.8, 4) is 0 Å². The highest BCUT2D eigenvalue weighted by molar-refractivity contribution is 7.47. The van der Waals surface area contributed by atoms with Crippen LogP contribution >= 0.6 is 7.82 Å². The Balaban J connectivity index is 4.74. The van der Waals surface area contributed by atoms with E-state index in [-0.39, 0.29) is 25.9 Å². The van der Waals surface area contributed by atoms with Crippen LogP contribution in [0, 0.1) is 0 Å². The number of hydrogen-bond acceptors (Lipinski definition) is 10. The fourth-order valence-electron chi connectivity index (χ4n) is 7.89. The molecule has 0 saturated heterocycles. The molecule has 12 heteroatoms. The maximum atomic E-state index is 12.9. The van der Waals surface area contributed by atoms with Crippen molar-refractivity contribution >= 4 is 25.7 Å². The third-order valence-electron chi connectivity index (χ3n) is 12.3. The van der Waals surface area contributed by atoms with E-state index in [2.05, 4.69) is 106 Å². The number of ether oxygens (including phenoxy) is 3. The Bertz CT molecular complexity index is 1560. The number of hydrogen-bond donors (Lipinski definition) is 2. The van der Waals surface area contributed by atoms with Crippen molar-refractivity contribution in [1.82, 2.24) is 0 Å². The molecule has 74 heavy (non-hydrogen) atoms. The lowest BCUT2D eigenvalue weighted by atomic mass is 10.0. The molecule has 0 aromatic rings. The number of aliphatic hydroxyl groups excluding tert-OH is 1. The van der Waals surface area contributed by atoms with E-state index in [9.17, 15) is 28.9 Å². The van der Waals surface area contributed by atoms with E-state index >= 15 is 0 Å². The molecule has 0 radical (unpaired) electrons. The van der Waals surface area contributed by atoms with Crippen molar-refractivity contribution in [3.63, 3.8) is 0 Å². The molecular weight excluding hydrogens is 952 g/mol. The van der Waals surface area contributed by atoms with Crippen molar-refractivity contribution in [2.75, 3.05) is 26.4 Å². The summed E-state index contributed by atoms with van der Waals surface area (Å²) in [5.74, 6) is -1.49. The smallest absolute Gasteiger partial charge is 0.462 e. The SMILES string of the molecule is CC/C=C\C/C=C\C/C=C\C/C=C\CCCCCCCCC(=O)OC(COC(=O)CCCCCCCCCCCCCCC)COP(=O)(O)OCC(CO)OC(=O)CCCCCCC/C=C\C/C=C\C/C=C\CC. The maximum Gasteiger partial charge on any atom is 0.472 e. The predicted octanol–water partition coefficient (Wildman–Crippen LogP) is 17.5. The standard InChI is InChI=1S/C62H107O11P/c1-4-7-10-13-16-19-22-25-27-28-29-30-32-35-38-41-44-47-50-53-62(66)73-59(55-69-60(64)51-48-45-42-39-36-33-24-21-18-15-12-9-6-3)57-71-74(67,68)70-56-58(54-63)72-61(65)52-49-46-43-40-37-34-31-26-23-20-17-14-11-8-5-2/h7-8,10-11,16-17,19-20,25-27,29-31,58-59,63H,4-6,9,12-15,18,21-24,28,32-57H2,1-3H3,(H,67,68)/b10-7-,11-8-,19-16-,20-17-,27-25-,30-29-,31-26-. The quantitative estimate of drug-likeness (QED) is 0.0197. The van der Waals surface area contributed by atoms with E-state index < -0.39 is 57.8 Å². The number of allylic oxidation sites excluding steroid dienone is 14. The summed E-state index contributed by atoms with van der Waals surface area (Å²) in [6, 6.07) is 0. The minimum atomic E-state index is -4.76. The molecule has 0 aliphatic carbocycles. The van der Waals surface area contributed by atoms with Gasteiger partial charge in [0.25, 0.3) is 0 Å². The van der Waals surface area contributed by atoms with Crippen LogP contribution in [0.25, 0.3) is 0 Å². The molecule has 0 heterocycles. The summed E-state index contributed by atoms with van der Waals surface area (Å²) in [6.45, 7) is 4.40. The molecule has 0 rings (SSSR count). The van der Waals surface area contributed by atoms with E-state index in [1.165, 1.54) is 57.8 Å². The number of rotatable bonds is 54. The third-order valence-corrected chi connectivity index (χ3v) is 13.3. The Morgan fingerprint density at radius 2 is 0.703 bits per heavy atom. The monoisotopic (exact) mass is 1060 g/mol. The number of phosphoric ester groups is 1. The van der Waals surface area contributed by atoms with Gasteiger partial charge in [-0.05, 0) is 89.9 Å². The lowest BCUT2D eigenvalue weighted by Crippen LogP contribution is -2.30. The summed E-state index contributed by atoms with van der Waals surface area (Å²) in [6.07, 6.45) is 63.9. The van der Waals surface area contributed by atoms with E-state index in [0.29, 0.717) is 19.3 Å². The summed E-state index contributed by atoms with van der Waals surface area (Å²) in [5, 5.41) is 9.82. The van der Waals surface area contributed by atoms with Crippen LogP contribution in [0.15, 0.2) is 85.1 Å². The van der Waals surface area contributed by atoms with Crippen LogP contribution in [0.1, 0.15) is 252 Å². The molecule has 3 unspecified atom stereocenters. The number of carbonyl (C=O) groups is 3. The largest absolute Gasteiger partial charge is 0.472 e. The van der Waals surface area contributed by atoms with Crippen LogP contribution < -0.4 is 0 Å². The molecule has 0 bridgehead atoms. The third kappa shape index (κ3) is 53.5. The maximum absolute atomic E-state index is 12.9. The van der Waals surface area contributed by atoms with Crippen molar-refractivity contribution in [2.24, 2.45) is 0 Å². The minimum Gasteiger partial charge on any atom is -0.462 e. The van der Waals surface area contributed by atoms with E-state index in [1.807, 2.05) is 0 Å². The molecule has 0 aromatic carbocycles. The topological polar surface area (TPSA) is 155 Å². The molecule has 0 aliphatic heterocycles. The van der Waals surface area contributed by atoms with Gasteiger partial charge < -0.3 is 24.2 Å². The molecule has 426 valence electrons. The fourth-order valence-corrected chi connectivity index (χ4v) is 8.68. The number of phosphoric acid groups is 1. The Labute approximate surface area is 451 Å². The second-order valence-electron chi connectivity index (χ2n) is 19.4. The molecule has 0 aromatic heterocycles. The Morgan fingerprint density at radius 1 is 0.392 bits per heavy atom. The summed E-state index contributed by atoms with van der Waals surface area (Å²) >= 11 is 0. The molecule has 0 amide bonds. The highest BCUT2D eigenvalue weighted by Gasteiger charge is 2.28. The van der Waals surface area contributed by atoms with Gasteiger partial charge in [-0.25, -0.2) is 4.57 Å². The van der Waals surface area contributed by atoms with Crippen LogP contribution in [-0.2, 0) is 42.2 Å². The van der Waals surface area contributed by atoms with Gasteiger partial charge in [0.15, 0.2) is 6.10 Å². The number of unbranched alkanes of at least 4 members (excludes halogenated alkanes) is 23. The van der Waals surface area contributed by atoms with E-state index in [4.69, 9.17) is 23.3 Å². The molecule has 0 fully saturated rings. The molecule has 0 spiro atoms. The normalized spacial score (nSPS) is 14.0. The van der Waals surface area contributed by atoms with Crippen LogP contribution in [0.5, 0.6) is 0 Å². The van der Waals surface area contributed by atoms with Gasteiger partial charge >= 0.3 is 25.7 Å². The van der Waals surface area contributed by atoms with Gasteiger partial charge in [-0.3, -0.25) is 23.4 Å². The average molecular weight is 1060 g/mol. The van der Waals surface area contributed by atoms with Crippen molar-refractivity contribution in [1.29, 1.82) is 0 Å². The van der Waals surface area contributed by atoms with Gasteiger partial charge in [0.1, 0.15) is 12.7 Å². The zero-order chi connectivity index (χ0) is 54.1. The van der Waals surface area contributed by atoms with E-state index in [0.717, 1.165) is 135 Å². The summed E-state index contributed by atoms with van der Waals surface area (Å²) in [5.41, 5.74) is 0. The van der Waals surface area contributed by atoms with Gasteiger partial charge in [-0.15, -0.1) is 0 Å². The predicted molar refractivity (Wildman–Crippen MR) is 307 cm³/mol. The van der Waals surface area contributed by atoms with E-state index in [1.54, 1.807) is 0 Å². The van der Waals surface area contributed by atoms with Gasteiger partial charge in [-0.1, -0.05) is 228 Å². The minimum absolute atomic E-state index is 0.149. The second kappa shape index (κ2) is 55.9. The van der Waals surface area contributed by atoms with Crippen molar-refractivity contribution in [3.05, 3.63) is 85.1 Å². The summed E-state index contributed by atoms with van der Waals surface area (Å²) < 4.78 is 39.5. The van der Waals surface area contributed by atoms with Crippen LogP contribution in [0.4, 0.5) is 0 Å². The van der Waals surface area contributed by atoms with Crippen molar-refractivity contribution < 1.29 is 52.2 Å². The van der Waals surface area contributed by atoms with Crippen molar-refractivity contribution in [2.45, 2.75) is 264 Å². The lowest BCUT2D eigenvalue weighted by molar-refractivity contribution is -0.161. The summed E-state index contributed by atoms with van der Waals surface area (Å²) in [7, 11) is -4.76. The van der Waals surface area contributed by atoms with Crippen LogP contribution in [-0.4, -0.2) is 66.5 Å². The molecule has 3 atom stereocenters. The number of esters is 3. The molecular formula is C62H107O11P. The Hall–Kier alpha value is -3.34. The van der Waals surface area contributed by atoms with Gasteiger partial charge in [-0.2, -0.15) is 0 Å². The highest BCUT2D eigenvalue weighted by Crippen LogP contribution is 2.43. The first-order valence-corrected chi connectivity index (χ1v) is 31.0. The molecule has 0 aliphatic rings. The molecule has 2 N–H and O–H groups in total.